The van der Waals surface area contributed by atoms with Crippen LogP contribution in [0.2, 0.25) is 0 Å². The molecule has 15 heavy (non-hydrogen) atoms. The van der Waals surface area contributed by atoms with E-state index in [0.29, 0.717) is 12.5 Å². The van der Waals surface area contributed by atoms with Crippen LogP contribution < -0.4 is 5.32 Å². The van der Waals surface area contributed by atoms with Crippen molar-refractivity contribution in [3.8, 4) is 0 Å². The molecular weight excluding hydrogens is 258 g/mol. The minimum absolute atomic E-state index is 0.0909. The zero-order chi connectivity index (χ0) is 10.7. The molecule has 1 atom stereocenters. The highest BCUT2D eigenvalue weighted by molar-refractivity contribution is 9.09. The van der Waals surface area contributed by atoms with Gasteiger partial charge in [-0.2, -0.15) is 0 Å². The van der Waals surface area contributed by atoms with Crippen LogP contribution in [0, 0.1) is 0 Å². The lowest BCUT2D eigenvalue weighted by Gasteiger charge is -2.15. The normalized spacial score (nSPS) is 27.7. The zero-order valence-electron chi connectivity index (χ0n) is 8.93. The highest BCUT2D eigenvalue weighted by atomic mass is 79.9. The molecule has 1 unspecified atom stereocenters. The van der Waals surface area contributed by atoms with E-state index < -0.39 is 0 Å². The molecule has 86 valence electrons. The topological polar surface area (TPSA) is 38.3 Å². The van der Waals surface area contributed by atoms with Crippen molar-refractivity contribution in [2.75, 3.05) is 11.9 Å². The van der Waals surface area contributed by atoms with Crippen LogP contribution in [-0.4, -0.2) is 29.5 Å². The summed E-state index contributed by atoms with van der Waals surface area (Å²) in [4.78, 5) is 11.6. The summed E-state index contributed by atoms with van der Waals surface area (Å²) < 4.78 is 5.49. The molecular formula is C11H18BrNO2. The molecule has 0 aromatic carbocycles. The Morgan fingerprint density at radius 3 is 2.87 bits per heavy atom. The largest absolute Gasteiger partial charge is 0.378 e. The number of nitrogens with one attached hydrogen (secondary N) is 1. The van der Waals surface area contributed by atoms with Gasteiger partial charge >= 0.3 is 0 Å². The van der Waals surface area contributed by atoms with Crippen LogP contribution in [-0.2, 0) is 9.53 Å². The molecule has 2 fully saturated rings. The smallest absolute Gasteiger partial charge is 0.220 e. The maximum Gasteiger partial charge on any atom is 0.220 e. The highest BCUT2D eigenvalue weighted by Crippen LogP contribution is 2.37. The molecule has 0 spiro atoms. The van der Waals surface area contributed by atoms with E-state index in [2.05, 4.69) is 21.2 Å². The highest BCUT2D eigenvalue weighted by Gasteiger charge is 2.42. The molecule has 1 saturated carbocycles. The van der Waals surface area contributed by atoms with E-state index >= 15 is 0 Å². The number of hydrogen-bond acceptors (Lipinski definition) is 2. The predicted octanol–water partition coefficient (Wildman–Crippen LogP) is 1.99. The van der Waals surface area contributed by atoms with Crippen molar-refractivity contribution in [1.82, 2.24) is 5.32 Å². The van der Waals surface area contributed by atoms with E-state index in [1.165, 1.54) is 0 Å². The molecule has 0 radical (unpaired) electrons. The molecule has 2 aliphatic rings. The van der Waals surface area contributed by atoms with E-state index in [1.807, 2.05) is 0 Å². The number of rotatable bonds is 5. The molecule has 1 heterocycles. The molecule has 0 aromatic heterocycles. The third-order valence-corrected chi connectivity index (χ3v) is 4.30. The van der Waals surface area contributed by atoms with Crippen LogP contribution in [0.5, 0.6) is 0 Å². The molecule has 1 aliphatic heterocycles. The van der Waals surface area contributed by atoms with Gasteiger partial charge in [0, 0.05) is 23.9 Å². The number of amides is 1. The standard InChI is InChI=1S/C11H18BrNO2/c12-8-11(5-6-11)13-10(14)4-3-9-2-1-7-15-9/h9H,1-8H2,(H,13,14). The zero-order valence-corrected chi connectivity index (χ0v) is 10.5. The summed E-state index contributed by atoms with van der Waals surface area (Å²) in [5, 5.41) is 3.98. The van der Waals surface area contributed by atoms with Gasteiger partial charge in [-0.3, -0.25) is 4.79 Å². The number of carbonyl (C=O) groups excluding carboxylic acids is 1. The fourth-order valence-electron chi connectivity index (χ4n) is 1.97. The molecule has 1 aliphatic carbocycles. The van der Waals surface area contributed by atoms with Crippen LogP contribution >= 0.6 is 15.9 Å². The molecule has 1 N–H and O–H groups in total. The number of alkyl halides is 1. The van der Waals surface area contributed by atoms with Gasteiger partial charge in [0.05, 0.1) is 6.10 Å². The second-order valence-corrected chi connectivity index (χ2v) is 5.20. The summed E-state index contributed by atoms with van der Waals surface area (Å²) in [6.45, 7) is 0.873. The van der Waals surface area contributed by atoms with Crippen LogP contribution in [0.1, 0.15) is 38.5 Å². The second-order valence-electron chi connectivity index (χ2n) is 4.64. The molecule has 0 aromatic rings. The monoisotopic (exact) mass is 275 g/mol. The predicted molar refractivity (Wildman–Crippen MR) is 62.1 cm³/mol. The van der Waals surface area contributed by atoms with Gasteiger partial charge in [-0.25, -0.2) is 0 Å². The summed E-state index contributed by atoms with van der Waals surface area (Å²) in [5.74, 6) is 0.183. The SMILES string of the molecule is O=C(CCC1CCCO1)NC1(CBr)CC1. The fourth-order valence-corrected chi connectivity index (χ4v) is 2.67. The van der Waals surface area contributed by atoms with Gasteiger partial charge in [0.25, 0.3) is 0 Å². The first-order valence-corrected chi connectivity index (χ1v) is 6.85. The van der Waals surface area contributed by atoms with Gasteiger partial charge in [-0.15, -0.1) is 0 Å². The lowest BCUT2D eigenvalue weighted by Crippen LogP contribution is -2.38. The van der Waals surface area contributed by atoms with Gasteiger partial charge in [-0.05, 0) is 32.1 Å². The van der Waals surface area contributed by atoms with Crippen molar-refractivity contribution >= 4 is 21.8 Å². The molecule has 2 rings (SSSR count). The molecule has 4 heteroatoms. The first kappa shape index (κ1) is 11.4. The van der Waals surface area contributed by atoms with Gasteiger partial charge in [-0.1, -0.05) is 15.9 Å². The number of hydrogen-bond donors (Lipinski definition) is 1. The maximum absolute atomic E-state index is 11.6. The summed E-state index contributed by atoms with van der Waals surface area (Å²) in [7, 11) is 0. The first-order chi connectivity index (χ1) is 7.24. The second kappa shape index (κ2) is 4.83. The lowest BCUT2D eigenvalue weighted by atomic mass is 10.1. The Morgan fingerprint density at radius 2 is 2.33 bits per heavy atom. The number of carbonyl (C=O) groups is 1. The minimum Gasteiger partial charge on any atom is -0.378 e. The van der Waals surface area contributed by atoms with Crippen LogP contribution in [0.25, 0.3) is 0 Å². The summed E-state index contributed by atoms with van der Waals surface area (Å²) in [6.07, 6.45) is 6.32. The Balaban J connectivity index is 1.64. The quantitative estimate of drug-likeness (QED) is 0.780. The van der Waals surface area contributed by atoms with E-state index in [-0.39, 0.29) is 11.4 Å². The lowest BCUT2D eigenvalue weighted by molar-refractivity contribution is -0.122. The van der Waals surface area contributed by atoms with Gasteiger partial charge < -0.3 is 10.1 Å². The Bertz CT molecular complexity index is 235. The molecule has 3 nitrogen and oxygen atoms in total. The summed E-state index contributed by atoms with van der Waals surface area (Å²) in [6, 6.07) is 0. The van der Waals surface area contributed by atoms with Gasteiger partial charge in [0.1, 0.15) is 0 Å². The Kier molecular flexibility index (Phi) is 3.67. The average Bonchev–Trinajstić information content (AvgIpc) is 2.80. The fraction of sp³-hybridized carbons (Fsp3) is 0.909. The van der Waals surface area contributed by atoms with Crippen molar-refractivity contribution in [2.24, 2.45) is 0 Å². The van der Waals surface area contributed by atoms with E-state index in [0.717, 1.165) is 44.0 Å². The Morgan fingerprint density at radius 1 is 1.53 bits per heavy atom. The van der Waals surface area contributed by atoms with Gasteiger partial charge in [0.2, 0.25) is 5.91 Å². The molecule has 0 bridgehead atoms. The van der Waals surface area contributed by atoms with Crippen molar-refractivity contribution in [2.45, 2.75) is 50.2 Å². The Labute approximate surface area is 99.1 Å². The number of ether oxygens (including phenoxy) is 1. The summed E-state index contributed by atoms with van der Waals surface area (Å²) >= 11 is 3.44. The summed E-state index contributed by atoms with van der Waals surface area (Å²) in [5.41, 5.74) is 0.0909. The van der Waals surface area contributed by atoms with E-state index in [1.54, 1.807) is 0 Å². The van der Waals surface area contributed by atoms with Crippen LogP contribution in [0.15, 0.2) is 0 Å². The maximum atomic E-state index is 11.6. The van der Waals surface area contributed by atoms with Crippen molar-refractivity contribution in [1.29, 1.82) is 0 Å². The molecule has 1 saturated heterocycles. The Hall–Kier alpha value is -0.0900. The van der Waals surface area contributed by atoms with E-state index in [4.69, 9.17) is 4.74 Å². The van der Waals surface area contributed by atoms with Crippen molar-refractivity contribution in [3.05, 3.63) is 0 Å². The molecule has 1 amide bonds. The van der Waals surface area contributed by atoms with Crippen LogP contribution in [0.4, 0.5) is 0 Å². The minimum atomic E-state index is 0.0909. The number of halogens is 1. The average molecular weight is 276 g/mol. The van der Waals surface area contributed by atoms with E-state index in [9.17, 15) is 4.79 Å². The first-order valence-electron chi connectivity index (χ1n) is 5.73. The third-order valence-electron chi connectivity index (χ3n) is 3.23. The third kappa shape index (κ3) is 3.18. The van der Waals surface area contributed by atoms with Crippen molar-refractivity contribution < 1.29 is 9.53 Å². The van der Waals surface area contributed by atoms with Crippen molar-refractivity contribution in [3.63, 3.8) is 0 Å². The van der Waals surface area contributed by atoms with Crippen LogP contribution in [0.3, 0.4) is 0 Å². The van der Waals surface area contributed by atoms with Gasteiger partial charge in [0.15, 0.2) is 0 Å².